The van der Waals surface area contributed by atoms with Crippen molar-refractivity contribution < 1.29 is 9.47 Å². The van der Waals surface area contributed by atoms with Gasteiger partial charge in [0, 0.05) is 32.0 Å². The van der Waals surface area contributed by atoms with Crippen molar-refractivity contribution in [1.29, 1.82) is 0 Å². The second-order valence-electron chi connectivity index (χ2n) is 4.31. The predicted octanol–water partition coefficient (Wildman–Crippen LogP) is 2.22. The zero-order valence-corrected chi connectivity index (χ0v) is 11.8. The lowest BCUT2D eigenvalue weighted by Crippen LogP contribution is -2.33. The molecule has 18 heavy (non-hydrogen) atoms. The lowest BCUT2D eigenvalue weighted by Gasteiger charge is -2.23. The minimum atomic E-state index is -0.158. The maximum Gasteiger partial charge on any atom is 0.170 e. The van der Waals surface area contributed by atoms with Crippen molar-refractivity contribution in [3.8, 4) is 0 Å². The molecular formula is C14H24N2O2. The molecule has 1 heterocycles. The Morgan fingerprint density at radius 2 is 1.89 bits per heavy atom. The van der Waals surface area contributed by atoms with Crippen LogP contribution < -0.4 is 0 Å². The van der Waals surface area contributed by atoms with Crippen LogP contribution in [0.25, 0.3) is 0 Å². The normalized spacial score (nSPS) is 11.4. The van der Waals surface area contributed by atoms with Gasteiger partial charge in [0.25, 0.3) is 0 Å². The summed E-state index contributed by atoms with van der Waals surface area (Å²) in [4.78, 5) is 6.65. The smallest absolute Gasteiger partial charge is 0.170 e. The molecule has 1 rings (SSSR count). The molecule has 0 bridgehead atoms. The summed E-state index contributed by atoms with van der Waals surface area (Å²) in [5, 5.41) is 0. The zero-order valence-electron chi connectivity index (χ0n) is 11.8. The van der Waals surface area contributed by atoms with Gasteiger partial charge >= 0.3 is 0 Å². The number of pyridine rings is 1. The number of rotatable bonds is 8. The highest BCUT2D eigenvalue weighted by Crippen LogP contribution is 2.04. The molecule has 0 N–H and O–H groups in total. The number of nitrogens with zero attached hydrogens (tertiary/aromatic N) is 2. The fourth-order valence-electron chi connectivity index (χ4n) is 1.81. The van der Waals surface area contributed by atoms with Crippen LogP contribution in [0, 0.1) is 6.92 Å². The van der Waals surface area contributed by atoms with Crippen molar-refractivity contribution >= 4 is 0 Å². The molecule has 4 heteroatoms. The van der Waals surface area contributed by atoms with Crippen LogP contribution in [0.2, 0.25) is 0 Å². The van der Waals surface area contributed by atoms with Crippen molar-refractivity contribution in [3.63, 3.8) is 0 Å². The van der Waals surface area contributed by atoms with E-state index in [1.165, 1.54) is 0 Å². The van der Waals surface area contributed by atoms with E-state index in [-0.39, 0.29) is 6.29 Å². The number of likely N-dealkylation sites (N-methyl/N-ethyl adjacent to an activating group) is 1. The lowest BCUT2D eigenvalue weighted by molar-refractivity contribution is -0.145. The van der Waals surface area contributed by atoms with Crippen LogP contribution >= 0.6 is 0 Å². The van der Waals surface area contributed by atoms with Crippen LogP contribution in [0.1, 0.15) is 25.2 Å². The molecule has 0 saturated heterocycles. The van der Waals surface area contributed by atoms with Gasteiger partial charge in [0.05, 0.1) is 5.69 Å². The number of aryl methyl sites for hydroxylation is 1. The standard InChI is InChI=1S/C14H24N2O2/c1-5-17-14(18-6-2)11-16(4)10-13-9-7-8-12(3)15-13/h7-9,14H,5-6,10-11H2,1-4H3. The van der Waals surface area contributed by atoms with Crippen molar-refractivity contribution in [2.45, 2.75) is 33.6 Å². The fraction of sp³-hybridized carbons (Fsp3) is 0.643. The van der Waals surface area contributed by atoms with Gasteiger partial charge in [0.1, 0.15) is 0 Å². The SMILES string of the molecule is CCOC(CN(C)Cc1cccc(C)n1)OCC. The molecule has 0 aliphatic rings. The summed E-state index contributed by atoms with van der Waals surface area (Å²) >= 11 is 0. The molecule has 4 nitrogen and oxygen atoms in total. The Labute approximate surface area is 110 Å². The summed E-state index contributed by atoms with van der Waals surface area (Å²) in [7, 11) is 2.05. The van der Waals surface area contributed by atoms with Crippen molar-refractivity contribution in [2.75, 3.05) is 26.8 Å². The highest BCUT2D eigenvalue weighted by molar-refractivity contribution is 5.09. The Bertz CT molecular complexity index is 338. The minimum absolute atomic E-state index is 0.158. The first kappa shape index (κ1) is 15.1. The average molecular weight is 252 g/mol. The van der Waals surface area contributed by atoms with E-state index >= 15 is 0 Å². The van der Waals surface area contributed by atoms with E-state index in [0.717, 1.165) is 24.5 Å². The molecular weight excluding hydrogens is 228 g/mol. The van der Waals surface area contributed by atoms with Crippen LogP contribution in [-0.2, 0) is 16.0 Å². The van der Waals surface area contributed by atoms with Gasteiger partial charge in [-0.25, -0.2) is 0 Å². The van der Waals surface area contributed by atoms with E-state index < -0.39 is 0 Å². The third-order valence-electron chi connectivity index (χ3n) is 2.54. The number of hydrogen-bond donors (Lipinski definition) is 0. The number of aromatic nitrogens is 1. The Morgan fingerprint density at radius 1 is 1.22 bits per heavy atom. The summed E-state index contributed by atoms with van der Waals surface area (Å²) in [5.74, 6) is 0. The second-order valence-corrected chi connectivity index (χ2v) is 4.31. The quantitative estimate of drug-likeness (QED) is 0.664. The first-order chi connectivity index (χ1) is 8.65. The van der Waals surface area contributed by atoms with Gasteiger partial charge in [0.2, 0.25) is 0 Å². The van der Waals surface area contributed by atoms with E-state index in [1.54, 1.807) is 0 Å². The van der Waals surface area contributed by atoms with E-state index in [2.05, 4.69) is 16.9 Å². The third kappa shape index (κ3) is 5.58. The summed E-state index contributed by atoms with van der Waals surface area (Å²) in [6.45, 7) is 8.85. The zero-order chi connectivity index (χ0) is 13.4. The highest BCUT2D eigenvalue weighted by atomic mass is 16.7. The van der Waals surface area contributed by atoms with Crippen molar-refractivity contribution in [3.05, 3.63) is 29.6 Å². The summed E-state index contributed by atoms with van der Waals surface area (Å²) in [6.07, 6.45) is -0.158. The van der Waals surface area contributed by atoms with E-state index in [0.29, 0.717) is 13.2 Å². The molecule has 0 spiro atoms. The van der Waals surface area contributed by atoms with E-state index in [1.807, 2.05) is 39.0 Å². The highest BCUT2D eigenvalue weighted by Gasteiger charge is 2.12. The molecule has 1 aromatic rings. The monoisotopic (exact) mass is 252 g/mol. The second kappa shape index (κ2) is 8.19. The average Bonchev–Trinajstić information content (AvgIpc) is 2.29. The maximum absolute atomic E-state index is 5.53. The fourth-order valence-corrected chi connectivity index (χ4v) is 1.81. The Balaban J connectivity index is 2.46. The van der Waals surface area contributed by atoms with Crippen LogP contribution in [0.15, 0.2) is 18.2 Å². The van der Waals surface area contributed by atoms with Crippen molar-refractivity contribution in [2.24, 2.45) is 0 Å². The van der Waals surface area contributed by atoms with E-state index in [9.17, 15) is 0 Å². The molecule has 0 radical (unpaired) electrons. The minimum Gasteiger partial charge on any atom is -0.352 e. The van der Waals surface area contributed by atoms with Gasteiger partial charge in [-0.15, -0.1) is 0 Å². The largest absolute Gasteiger partial charge is 0.352 e. The first-order valence-electron chi connectivity index (χ1n) is 6.50. The molecule has 0 saturated carbocycles. The molecule has 1 aromatic heterocycles. The van der Waals surface area contributed by atoms with Crippen LogP contribution in [-0.4, -0.2) is 43.0 Å². The first-order valence-corrected chi connectivity index (χ1v) is 6.50. The Kier molecular flexibility index (Phi) is 6.86. The van der Waals surface area contributed by atoms with Crippen LogP contribution in [0.3, 0.4) is 0 Å². The number of hydrogen-bond acceptors (Lipinski definition) is 4. The van der Waals surface area contributed by atoms with Crippen molar-refractivity contribution in [1.82, 2.24) is 9.88 Å². The molecule has 0 aromatic carbocycles. The summed E-state index contributed by atoms with van der Waals surface area (Å²) in [5.41, 5.74) is 2.12. The van der Waals surface area contributed by atoms with E-state index in [4.69, 9.17) is 9.47 Å². The summed E-state index contributed by atoms with van der Waals surface area (Å²) < 4.78 is 11.1. The Morgan fingerprint density at radius 3 is 2.44 bits per heavy atom. The van der Waals surface area contributed by atoms with Gasteiger partial charge in [0.15, 0.2) is 6.29 Å². The molecule has 0 aliphatic heterocycles. The van der Waals surface area contributed by atoms with Gasteiger partial charge in [-0.2, -0.15) is 0 Å². The predicted molar refractivity (Wildman–Crippen MR) is 72.3 cm³/mol. The Hall–Kier alpha value is -0.970. The van der Waals surface area contributed by atoms with Crippen LogP contribution in [0.5, 0.6) is 0 Å². The number of ether oxygens (including phenoxy) is 2. The van der Waals surface area contributed by atoms with Gasteiger partial charge in [-0.05, 0) is 40.0 Å². The molecule has 0 amide bonds. The maximum atomic E-state index is 5.53. The topological polar surface area (TPSA) is 34.6 Å². The molecule has 0 aliphatic carbocycles. The van der Waals surface area contributed by atoms with Gasteiger partial charge in [-0.1, -0.05) is 6.07 Å². The van der Waals surface area contributed by atoms with Crippen LogP contribution in [0.4, 0.5) is 0 Å². The molecule has 102 valence electrons. The lowest BCUT2D eigenvalue weighted by atomic mass is 10.3. The van der Waals surface area contributed by atoms with Gasteiger partial charge < -0.3 is 9.47 Å². The summed E-state index contributed by atoms with van der Waals surface area (Å²) in [6, 6.07) is 6.08. The van der Waals surface area contributed by atoms with Gasteiger partial charge in [-0.3, -0.25) is 9.88 Å². The molecule has 0 atom stereocenters. The third-order valence-corrected chi connectivity index (χ3v) is 2.54. The molecule has 0 fully saturated rings. The molecule has 0 unspecified atom stereocenters.